The summed E-state index contributed by atoms with van der Waals surface area (Å²) in [5.74, 6) is 0.344. The van der Waals surface area contributed by atoms with Crippen LogP contribution in [0.5, 0.6) is 0 Å². The maximum Gasteiger partial charge on any atom is 0.314 e. The third kappa shape index (κ3) is 4.79. The van der Waals surface area contributed by atoms with Crippen molar-refractivity contribution < 1.29 is 13.2 Å². The van der Waals surface area contributed by atoms with Crippen molar-refractivity contribution in [3.8, 4) is 0 Å². The van der Waals surface area contributed by atoms with Crippen LogP contribution in [0.3, 0.4) is 0 Å². The zero-order valence-electron chi connectivity index (χ0n) is 17.0. The van der Waals surface area contributed by atoms with Crippen LogP contribution in [0.1, 0.15) is 43.7 Å². The molecule has 0 aliphatic carbocycles. The third-order valence-electron chi connectivity index (χ3n) is 5.88. The number of benzene rings is 2. The van der Waals surface area contributed by atoms with E-state index < -0.39 is 16.1 Å². The molecular weight excluding hydrogens is 386 g/mol. The first-order valence-corrected chi connectivity index (χ1v) is 11.4. The second-order valence-corrected chi connectivity index (χ2v) is 9.79. The van der Waals surface area contributed by atoms with Gasteiger partial charge >= 0.3 is 6.03 Å². The number of hydrogen-bond acceptors (Lipinski definition) is 3. The van der Waals surface area contributed by atoms with Crippen molar-refractivity contribution in [2.75, 3.05) is 19.6 Å². The summed E-state index contributed by atoms with van der Waals surface area (Å²) in [4.78, 5) is 13.4. The van der Waals surface area contributed by atoms with Gasteiger partial charge in [0, 0.05) is 25.0 Å². The maximum absolute atomic E-state index is 12.9. The topological polar surface area (TPSA) is 92.5 Å². The van der Waals surface area contributed by atoms with Gasteiger partial charge in [0.25, 0.3) is 0 Å². The summed E-state index contributed by atoms with van der Waals surface area (Å²) in [5, 5.41) is 0. The largest absolute Gasteiger partial charge is 0.351 e. The molecule has 2 amide bonds. The first kappa shape index (κ1) is 21.3. The van der Waals surface area contributed by atoms with Crippen LogP contribution < -0.4 is 10.5 Å². The Hall–Kier alpha value is -2.38. The standard InChI is InChI=1S/C22H29N3O3S/c1-17(2)18-8-10-20(11-9-18)29(27,28)24-16-22(19-6-4-3-5-7-19)12-14-25(15-13-22)21(23)26/h3-11,17,24H,12-16H2,1-2H3,(H2,23,26). The van der Waals surface area contributed by atoms with E-state index in [9.17, 15) is 13.2 Å². The van der Waals surface area contributed by atoms with Gasteiger partial charge in [-0.3, -0.25) is 0 Å². The number of nitrogens with two attached hydrogens (primary N) is 1. The molecule has 1 saturated heterocycles. The number of urea groups is 1. The fraction of sp³-hybridized carbons (Fsp3) is 0.409. The molecule has 1 fully saturated rings. The van der Waals surface area contributed by atoms with Crippen molar-refractivity contribution in [3.05, 3.63) is 65.7 Å². The van der Waals surface area contributed by atoms with Crippen LogP contribution in [0.15, 0.2) is 59.5 Å². The number of amides is 2. The lowest BCUT2D eigenvalue weighted by Gasteiger charge is -2.42. The third-order valence-corrected chi connectivity index (χ3v) is 7.29. The molecule has 6 nitrogen and oxygen atoms in total. The van der Waals surface area contributed by atoms with E-state index in [4.69, 9.17) is 5.73 Å². The van der Waals surface area contributed by atoms with Gasteiger partial charge in [0.1, 0.15) is 0 Å². The Morgan fingerprint density at radius 1 is 1.07 bits per heavy atom. The molecule has 0 atom stereocenters. The van der Waals surface area contributed by atoms with Crippen LogP contribution in [0, 0.1) is 0 Å². The maximum atomic E-state index is 12.9. The summed E-state index contributed by atoms with van der Waals surface area (Å²) >= 11 is 0. The Morgan fingerprint density at radius 2 is 1.66 bits per heavy atom. The van der Waals surface area contributed by atoms with Crippen LogP contribution >= 0.6 is 0 Å². The molecule has 1 aliphatic heterocycles. The number of hydrogen-bond donors (Lipinski definition) is 2. The molecule has 3 N–H and O–H groups in total. The van der Waals surface area contributed by atoms with Crippen LogP contribution in [-0.2, 0) is 15.4 Å². The number of carbonyl (C=O) groups is 1. The van der Waals surface area contributed by atoms with Gasteiger partial charge in [-0.15, -0.1) is 0 Å². The minimum Gasteiger partial charge on any atom is -0.351 e. The number of rotatable bonds is 6. The first-order valence-electron chi connectivity index (χ1n) is 9.93. The van der Waals surface area contributed by atoms with Crippen molar-refractivity contribution in [3.63, 3.8) is 0 Å². The number of nitrogens with zero attached hydrogens (tertiary/aromatic N) is 1. The molecule has 1 aliphatic rings. The molecule has 0 radical (unpaired) electrons. The highest BCUT2D eigenvalue weighted by Gasteiger charge is 2.38. The zero-order valence-corrected chi connectivity index (χ0v) is 17.8. The average Bonchev–Trinajstić information content (AvgIpc) is 2.73. The van der Waals surface area contributed by atoms with Crippen molar-refractivity contribution in [2.24, 2.45) is 5.73 Å². The molecule has 156 valence electrons. The van der Waals surface area contributed by atoms with Gasteiger partial charge in [-0.2, -0.15) is 0 Å². The van der Waals surface area contributed by atoms with Gasteiger partial charge in [-0.1, -0.05) is 56.3 Å². The number of sulfonamides is 1. The van der Waals surface area contributed by atoms with E-state index in [0.717, 1.165) is 11.1 Å². The predicted octanol–water partition coefficient (Wildman–Crippen LogP) is 3.20. The number of carbonyl (C=O) groups excluding carboxylic acids is 1. The van der Waals surface area contributed by atoms with Crippen LogP contribution in [0.4, 0.5) is 4.79 Å². The molecule has 0 aromatic heterocycles. The normalized spacial score (nSPS) is 16.7. The highest BCUT2D eigenvalue weighted by Crippen LogP contribution is 2.35. The Labute approximate surface area is 173 Å². The lowest BCUT2D eigenvalue weighted by atomic mass is 9.73. The number of piperidine rings is 1. The van der Waals surface area contributed by atoms with E-state index >= 15 is 0 Å². The van der Waals surface area contributed by atoms with Crippen molar-refractivity contribution >= 4 is 16.1 Å². The van der Waals surface area contributed by atoms with E-state index in [1.54, 1.807) is 17.0 Å². The van der Waals surface area contributed by atoms with Gasteiger partial charge in [-0.05, 0) is 42.0 Å². The van der Waals surface area contributed by atoms with Gasteiger partial charge in [-0.25, -0.2) is 17.9 Å². The summed E-state index contributed by atoms with van der Waals surface area (Å²) in [6.45, 7) is 5.44. The van der Waals surface area contributed by atoms with Gasteiger partial charge in [0.05, 0.1) is 4.90 Å². The van der Waals surface area contributed by atoms with Crippen LogP contribution in [-0.4, -0.2) is 39.0 Å². The molecule has 7 heteroatoms. The molecule has 0 saturated carbocycles. The summed E-state index contributed by atoms with van der Waals surface area (Å²) in [5.41, 5.74) is 7.22. The Kier molecular flexibility index (Phi) is 6.29. The molecule has 2 aromatic carbocycles. The molecule has 0 spiro atoms. The molecule has 29 heavy (non-hydrogen) atoms. The second-order valence-electron chi connectivity index (χ2n) is 8.02. The quantitative estimate of drug-likeness (QED) is 0.759. The van der Waals surface area contributed by atoms with Crippen LogP contribution in [0.2, 0.25) is 0 Å². The van der Waals surface area contributed by atoms with E-state index in [1.165, 1.54) is 0 Å². The van der Waals surface area contributed by atoms with Crippen molar-refractivity contribution in [2.45, 2.75) is 42.9 Å². The Balaban J connectivity index is 1.81. The lowest BCUT2D eigenvalue weighted by molar-refractivity contribution is 0.165. The Morgan fingerprint density at radius 3 is 2.17 bits per heavy atom. The van der Waals surface area contributed by atoms with Gasteiger partial charge < -0.3 is 10.6 Å². The lowest BCUT2D eigenvalue weighted by Crippen LogP contribution is -2.51. The molecule has 1 heterocycles. The number of likely N-dealkylation sites (tertiary alicyclic amines) is 1. The molecule has 2 aromatic rings. The average molecular weight is 416 g/mol. The number of nitrogens with one attached hydrogen (secondary N) is 1. The van der Waals surface area contributed by atoms with E-state index in [0.29, 0.717) is 31.8 Å². The minimum atomic E-state index is -3.63. The predicted molar refractivity (Wildman–Crippen MR) is 114 cm³/mol. The second kappa shape index (κ2) is 8.55. The highest BCUT2D eigenvalue weighted by molar-refractivity contribution is 7.89. The van der Waals surface area contributed by atoms with E-state index in [1.807, 2.05) is 42.5 Å². The smallest absolute Gasteiger partial charge is 0.314 e. The molecule has 3 rings (SSSR count). The molecule has 0 unspecified atom stereocenters. The fourth-order valence-corrected chi connectivity index (χ4v) is 4.99. The highest BCUT2D eigenvalue weighted by atomic mass is 32.2. The summed E-state index contributed by atoms with van der Waals surface area (Å²) in [6.07, 6.45) is 1.30. The van der Waals surface area contributed by atoms with Crippen LogP contribution in [0.25, 0.3) is 0 Å². The molecule has 0 bridgehead atoms. The monoisotopic (exact) mass is 415 g/mol. The van der Waals surface area contributed by atoms with Crippen molar-refractivity contribution in [1.29, 1.82) is 0 Å². The minimum absolute atomic E-state index is 0.264. The van der Waals surface area contributed by atoms with E-state index in [-0.39, 0.29) is 16.9 Å². The van der Waals surface area contributed by atoms with Gasteiger partial charge in [0.2, 0.25) is 10.0 Å². The van der Waals surface area contributed by atoms with E-state index in [2.05, 4.69) is 18.6 Å². The summed E-state index contributed by atoms with van der Waals surface area (Å²) in [7, 11) is -3.63. The van der Waals surface area contributed by atoms with Gasteiger partial charge in [0.15, 0.2) is 0 Å². The summed E-state index contributed by atoms with van der Waals surface area (Å²) in [6, 6.07) is 16.5. The van der Waals surface area contributed by atoms with Crippen molar-refractivity contribution in [1.82, 2.24) is 9.62 Å². The molecular formula is C22H29N3O3S. The Bertz CT molecular complexity index is 933. The summed E-state index contributed by atoms with van der Waals surface area (Å²) < 4.78 is 28.6. The number of primary amides is 1. The SMILES string of the molecule is CC(C)c1ccc(S(=O)(=O)NCC2(c3ccccc3)CCN(C(N)=O)CC2)cc1. The first-order chi connectivity index (χ1) is 13.7. The fourth-order valence-electron chi connectivity index (χ4n) is 3.86. The zero-order chi connectivity index (χ0) is 21.1.